The molecule has 0 aromatic rings. The van der Waals surface area contributed by atoms with Gasteiger partial charge in [0, 0.05) is 0 Å². The second-order valence-corrected chi connectivity index (χ2v) is 3.31. The molecule has 66 valence electrons. The van der Waals surface area contributed by atoms with Gasteiger partial charge in [-0.1, -0.05) is 38.8 Å². The van der Waals surface area contributed by atoms with Gasteiger partial charge in [0.15, 0.2) is 0 Å². The van der Waals surface area contributed by atoms with Crippen LogP contribution in [0.2, 0.25) is 0 Å². The first kappa shape index (κ1) is 10.7. The van der Waals surface area contributed by atoms with Crippen molar-refractivity contribution in [3.05, 3.63) is 11.1 Å². The Morgan fingerprint density at radius 1 is 1.09 bits per heavy atom. The summed E-state index contributed by atoms with van der Waals surface area (Å²) in [5, 5.41) is 0. The van der Waals surface area contributed by atoms with E-state index in [0.717, 1.165) is 5.92 Å². The first-order chi connectivity index (χ1) is 5.22. The molecule has 0 amide bonds. The third kappa shape index (κ3) is 3.09. The lowest BCUT2D eigenvalue weighted by Gasteiger charge is -2.06. The monoisotopic (exact) mass is 154 g/mol. The van der Waals surface area contributed by atoms with Crippen molar-refractivity contribution in [1.82, 2.24) is 0 Å². The van der Waals surface area contributed by atoms with Crippen LogP contribution in [0.5, 0.6) is 0 Å². The fourth-order valence-electron chi connectivity index (χ4n) is 1.70. The van der Waals surface area contributed by atoms with Crippen LogP contribution in [0.4, 0.5) is 0 Å². The van der Waals surface area contributed by atoms with Gasteiger partial charge in [-0.05, 0) is 32.1 Å². The lowest BCUT2D eigenvalue weighted by Crippen LogP contribution is -1.90. The molecule has 11 heavy (non-hydrogen) atoms. The molecule has 0 spiro atoms. The summed E-state index contributed by atoms with van der Waals surface area (Å²) in [6.45, 7) is 10.9. The molecule has 0 heteroatoms. The van der Waals surface area contributed by atoms with Crippen LogP contribution >= 0.6 is 0 Å². The molecule has 0 nitrogen and oxygen atoms in total. The molecule has 0 saturated heterocycles. The SMILES string of the molecule is CC.CC1=C(C(C)C)CCC1. The first-order valence-corrected chi connectivity index (χ1v) is 4.90. The van der Waals surface area contributed by atoms with E-state index in [0.29, 0.717) is 0 Å². The quantitative estimate of drug-likeness (QED) is 0.497. The topological polar surface area (TPSA) is 0 Å². The van der Waals surface area contributed by atoms with Gasteiger partial charge in [-0.2, -0.15) is 0 Å². The van der Waals surface area contributed by atoms with Gasteiger partial charge < -0.3 is 0 Å². The molecule has 0 aromatic heterocycles. The Bertz CT molecular complexity index is 129. The minimum Gasteiger partial charge on any atom is -0.0738 e. The van der Waals surface area contributed by atoms with Crippen molar-refractivity contribution in [3.8, 4) is 0 Å². The van der Waals surface area contributed by atoms with E-state index in [1.165, 1.54) is 19.3 Å². The summed E-state index contributed by atoms with van der Waals surface area (Å²) < 4.78 is 0. The molecule has 0 aliphatic heterocycles. The van der Waals surface area contributed by atoms with Crippen LogP contribution in [0.1, 0.15) is 53.9 Å². The van der Waals surface area contributed by atoms with Crippen molar-refractivity contribution in [1.29, 1.82) is 0 Å². The maximum absolute atomic E-state index is 2.30. The van der Waals surface area contributed by atoms with Crippen LogP contribution in [0, 0.1) is 5.92 Å². The molecule has 0 bridgehead atoms. The van der Waals surface area contributed by atoms with Crippen LogP contribution < -0.4 is 0 Å². The molecule has 0 fully saturated rings. The highest BCUT2D eigenvalue weighted by molar-refractivity contribution is 5.18. The van der Waals surface area contributed by atoms with E-state index in [2.05, 4.69) is 20.8 Å². The van der Waals surface area contributed by atoms with Crippen molar-refractivity contribution in [2.24, 2.45) is 5.92 Å². The Hall–Kier alpha value is -0.260. The summed E-state index contributed by atoms with van der Waals surface area (Å²) >= 11 is 0. The van der Waals surface area contributed by atoms with Crippen molar-refractivity contribution < 1.29 is 0 Å². The molecule has 1 aliphatic carbocycles. The van der Waals surface area contributed by atoms with Crippen molar-refractivity contribution in [2.75, 3.05) is 0 Å². The molecule has 0 heterocycles. The maximum Gasteiger partial charge on any atom is -0.0258 e. The van der Waals surface area contributed by atoms with E-state index in [4.69, 9.17) is 0 Å². The van der Waals surface area contributed by atoms with Gasteiger partial charge in [0.2, 0.25) is 0 Å². The maximum atomic E-state index is 2.30. The zero-order valence-corrected chi connectivity index (χ0v) is 8.70. The summed E-state index contributed by atoms with van der Waals surface area (Å²) in [5.74, 6) is 0.799. The van der Waals surface area contributed by atoms with Gasteiger partial charge in [0.25, 0.3) is 0 Å². The molecule has 0 unspecified atom stereocenters. The lowest BCUT2D eigenvalue weighted by molar-refractivity contribution is 0.724. The van der Waals surface area contributed by atoms with Gasteiger partial charge in [-0.15, -0.1) is 0 Å². The third-order valence-corrected chi connectivity index (χ3v) is 2.24. The van der Waals surface area contributed by atoms with Crippen molar-refractivity contribution in [3.63, 3.8) is 0 Å². The largest absolute Gasteiger partial charge is 0.0738 e. The van der Waals surface area contributed by atoms with Crippen molar-refractivity contribution >= 4 is 0 Å². The second-order valence-electron chi connectivity index (χ2n) is 3.31. The second kappa shape index (κ2) is 5.40. The molecular weight excluding hydrogens is 132 g/mol. The molecule has 0 radical (unpaired) electrons. The summed E-state index contributed by atoms with van der Waals surface area (Å²) in [4.78, 5) is 0. The number of hydrogen-bond acceptors (Lipinski definition) is 0. The Kier molecular flexibility index (Phi) is 5.27. The first-order valence-electron chi connectivity index (χ1n) is 4.90. The highest BCUT2D eigenvalue weighted by atomic mass is 14.2. The van der Waals surface area contributed by atoms with Crippen LogP contribution in [0.25, 0.3) is 0 Å². The predicted octanol–water partition coefficient (Wildman–Crippen LogP) is 4.17. The summed E-state index contributed by atoms with van der Waals surface area (Å²) in [5.41, 5.74) is 3.38. The lowest BCUT2D eigenvalue weighted by atomic mass is 10.0. The minimum absolute atomic E-state index is 0.799. The van der Waals surface area contributed by atoms with E-state index in [1.54, 1.807) is 11.1 Å². The number of allylic oxidation sites excluding steroid dienone is 2. The Balaban J connectivity index is 0.000000461. The molecular formula is C11H22. The van der Waals surface area contributed by atoms with E-state index < -0.39 is 0 Å². The molecule has 0 atom stereocenters. The fourth-order valence-corrected chi connectivity index (χ4v) is 1.70. The van der Waals surface area contributed by atoms with Crippen LogP contribution in [0.3, 0.4) is 0 Å². The molecule has 1 aliphatic rings. The number of hydrogen-bond donors (Lipinski definition) is 0. The molecule has 1 rings (SSSR count). The summed E-state index contributed by atoms with van der Waals surface area (Å²) in [6, 6.07) is 0. The van der Waals surface area contributed by atoms with E-state index >= 15 is 0 Å². The van der Waals surface area contributed by atoms with Gasteiger partial charge in [-0.3, -0.25) is 0 Å². The fraction of sp³-hybridized carbons (Fsp3) is 0.818. The van der Waals surface area contributed by atoms with E-state index in [1.807, 2.05) is 13.8 Å². The van der Waals surface area contributed by atoms with Gasteiger partial charge in [0.1, 0.15) is 0 Å². The number of rotatable bonds is 1. The van der Waals surface area contributed by atoms with E-state index in [9.17, 15) is 0 Å². The van der Waals surface area contributed by atoms with Crippen LogP contribution in [-0.2, 0) is 0 Å². The Morgan fingerprint density at radius 2 is 1.64 bits per heavy atom. The molecule has 0 aromatic carbocycles. The van der Waals surface area contributed by atoms with Gasteiger partial charge in [0.05, 0.1) is 0 Å². The molecule has 0 saturated carbocycles. The average Bonchev–Trinajstić information content (AvgIpc) is 2.39. The van der Waals surface area contributed by atoms with Gasteiger partial charge >= 0.3 is 0 Å². The zero-order valence-electron chi connectivity index (χ0n) is 8.70. The third-order valence-electron chi connectivity index (χ3n) is 2.24. The minimum atomic E-state index is 0.799. The highest BCUT2D eigenvalue weighted by Gasteiger charge is 2.12. The predicted molar refractivity (Wildman–Crippen MR) is 52.7 cm³/mol. The standard InChI is InChI=1S/C9H16.C2H6/c1-7(2)9-6-4-5-8(9)3;1-2/h7H,4-6H2,1-3H3;1-2H3. The average molecular weight is 154 g/mol. The molecule has 0 N–H and O–H groups in total. The Labute approximate surface area is 71.7 Å². The highest BCUT2D eigenvalue weighted by Crippen LogP contribution is 2.30. The summed E-state index contributed by atoms with van der Waals surface area (Å²) in [6.07, 6.45) is 4.12. The zero-order chi connectivity index (χ0) is 8.85. The van der Waals surface area contributed by atoms with E-state index in [-0.39, 0.29) is 0 Å². The Morgan fingerprint density at radius 3 is 1.82 bits per heavy atom. The summed E-state index contributed by atoms with van der Waals surface area (Å²) in [7, 11) is 0. The van der Waals surface area contributed by atoms with Crippen LogP contribution in [-0.4, -0.2) is 0 Å². The smallest absolute Gasteiger partial charge is 0.0258 e. The van der Waals surface area contributed by atoms with Crippen molar-refractivity contribution in [2.45, 2.75) is 53.9 Å². The van der Waals surface area contributed by atoms with Crippen LogP contribution in [0.15, 0.2) is 11.1 Å². The normalized spacial score (nSPS) is 16.9. The van der Waals surface area contributed by atoms with Gasteiger partial charge in [-0.25, -0.2) is 0 Å².